The highest BCUT2D eigenvalue weighted by atomic mass is 35.5. The van der Waals surface area contributed by atoms with E-state index in [0.29, 0.717) is 15.7 Å². The van der Waals surface area contributed by atoms with Gasteiger partial charge in [-0.2, -0.15) is 0 Å². The van der Waals surface area contributed by atoms with Gasteiger partial charge in [0.2, 0.25) is 5.91 Å². The first-order chi connectivity index (χ1) is 13.8. The zero-order chi connectivity index (χ0) is 21.2. The minimum atomic E-state index is -0.732. The number of anilines is 1. The molecule has 0 heterocycles. The van der Waals surface area contributed by atoms with Gasteiger partial charge in [-0.1, -0.05) is 29.3 Å². The van der Waals surface area contributed by atoms with Crippen LogP contribution in [0.4, 0.5) is 5.69 Å². The van der Waals surface area contributed by atoms with Gasteiger partial charge in [0.15, 0.2) is 6.61 Å². The van der Waals surface area contributed by atoms with Gasteiger partial charge < -0.3 is 10.1 Å². The molecule has 2 aromatic carbocycles. The molecule has 2 rings (SSSR count). The lowest BCUT2D eigenvalue weighted by molar-refractivity contribution is -0.149. The molecule has 0 aromatic heterocycles. The molecule has 0 radical (unpaired) electrons. The maximum atomic E-state index is 11.8. The average molecular weight is 438 g/mol. The van der Waals surface area contributed by atoms with Crippen molar-refractivity contribution in [3.05, 3.63) is 64.1 Å². The molecule has 0 aliphatic heterocycles. The number of benzene rings is 2. The Morgan fingerprint density at radius 3 is 2.24 bits per heavy atom. The molecular formula is C19H17Cl2N3O5. The molecule has 29 heavy (non-hydrogen) atoms. The second-order valence-corrected chi connectivity index (χ2v) is 6.60. The Hall–Kier alpha value is -3.10. The van der Waals surface area contributed by atoms with Crippen LogP contribution in [0.1, 0.15) is 23.2 Å². The van der Waals surface area contributed by atoms with E-state index in [4.69, 9.17) is 27.9 Å². The highest BCUT2D eigenvalue weighted by Crippen LogP contribution is 2.15. The normalized spacial score (nSPS) is 10.0. The van der Waals surface area contributed by atoms with Crippen LogP contribution in [0.5, 0.6) is 0 Å². The molecule has 0 aliphatic rings. The third-order valence-electron chi connectivity index (χ3n) is 3.45. The van der Waals surface area contributed by atoms with Gasteiger partial charge in [0.25, 0.3) is 11.8 Å². The molecule has 0 saturated heterocycles. The molecule has 10 heteroatoms. The summed E-state index contributed by atoms with van der Waals surface area (Å²) in [5, 5.41) is 3.53. The summed E-state index contributed by atoms with van der Waals surface area (Å²) < 4.78 is 4.76. The van der Waals surface area contributed by atoms with E-state index in [0.717, 1.165) is 0 Å². The molecule has 0 atom stereocenters. The summed E-state index contributed by atoms with van der Waals surface area (Å²) in [6, 6.07) is 12.6. The number of amides is 3. The van der Waals surface area contributed by atoms with E-state index in [-0.39, 0.29) is 18.4 Å². The Labute approximate surface area is 176 Å². The molecule has 8 nitrogen and oxygen atoms in total. The number of ether oxygens (including phenoxy) is 1. The lowest BCUT2D eigenvalue weighted by Crippen LogP contribution is -2.43. The summed E-state index contributed by atoms with van der Waals surface area (Å²) >= 11 is 11.5. The van der Waals surface area contributed by atoms with Crippen LogP contribution in [0, 0.1) is 0 Å². The lowest BCUT2D eigenvalue weighted by Gasteiger charge is -2.08. The van der Waals surface area contributed by atoms with Crippen LogP contribution in [-0.2, 0) is 19.1 Å². The number of esters is 1. The Morgan fingerprint density at radius 1 is 0.828 bits per heavy atom. The van der Waals surface area contributed by atoms with Gasteiger partial charge in [0, 0.05) is 27.7 Å². The Morgan fingerprint density at radius 2 is 1.55 bits per heavy atom. The molecule has 0 unspecified atom stereocenters. The van der Waals surface area contributed by atoms with Gasteiger partial charge in [-0.05, 0) is 42.5 Å². The molecule has 3 amide bonds. The number of halogens is 2. The van der Waals surface area contributed by atoms with Gasteiger partial charge in [0.05, 0.1) is 6.42 Å². The minimum Gasteiger partial charge on any atom is -0.455 e. The fourth-order valence-corrected chi connectivity index (χ4v) is 2.38. The van der Waals surface area contributed by atoms with E-state index in [1.165, 1.54) is 24.3 Å². The predicted molar refractivity (Wildman–Crippen MR) is 107 cm³/mol. The first-order valence-electron chi connectivity index (χ1n) is 8.39. The summed E-state index contributed by atoms with van der Waals surface area (Å²) in [5.41, 5.74) is 5.08. The van der Waals surface area contributed by atoms with Crippen molar-refractivity contribution in [1.82, 2.24) is 10.9 Å². The minimum absolute atomic E-state index is 0.125. The van der Waals surface area contributed by atoms with E-state index in [2.05, 4.69) is 16.2 Å². The van der Waals surface area contributed by atoms with Crippen molar-refractivity contribution in [3.63, 3.8) is 0 Å². The Bertz CT molecular complexity index is 903. The number of hydrazine groups is 1. The maximum absolute atomic E-state index is 11.8. The smallest absolute Gasteiger partial charge is 0.306 e. The first kappa shape index (κ1) is 22.2. The van der Waals surface area contributed by atoms with Crippen LogP contribution in [0.3, 0.4) is 0 Å². The van der Waals surface area contributed by atoms with Gasteiger partial charge in [-0.15, -0.1) is 0 Å². The summed E-state index contributed by atoms with van der Waals surface area (Å²) in [7, 11) is 0. The molecule has 0 aliphatic carbocycles. The van der Waals surface area contributed by atoms with Crippen LogP contribution < -0.4 is 16.2 Å². The quantitative estimate of drug-likeness (QED) is 0.455. The van der Waals surface area contributed by atoms with Crippen molar-refractivity contribution in [1.29, 1.82) is 0 Å². The number of nitrogens with one attached hydrogen (secondary N) is 3. The highest BCUT2D eigenvalue weighted by molar-refractivity contribution is 6.31. The molecule has 0 fully saturated rings. The maximum Gasteiger partial charge on any atom is 0.306 e. The molecule has 0 spiro atoms. The Balaban J connectivity index is 1.64. The zero-order valence-electron chi connectivity index (χ0n) is 15.0. The van der Waals surface area contributed by atoms with Crippen molar-refractivity contribution >= 4 is 52.6 Å². The van der Waals surface area contributed by atoms with Crippen LogP contribution in [0.25, 0.3) is 0 Å². The molecular weight excluding hydrogens is 421 g/mol. The van der Waals surface area contributed by atoms with Gasteiger partial charge >= 0.3 is 5.97 Å². The molecule has 152 valence electrons. The summed E-state index contributed by atoms with van der Waals surface area (Å²) in [4.78, 5) is 46.9. The van der Waals surface area contributed by atoms with E-state index >= 15 is 0 Å². The fraction of sp³-hybridized carbons (Fsp3) is 0.158. The third kappa shape index (κ3) is 8.20. The number of carbonyl (C=O) groups excluding carboxylic acids is 4. The topological polar surface area (TPSA) is 114 Å². The molecule has 3 N–H and O–H groups in total. The SMILES string of the molecule is O=C(COC(=O)CCC(=O)Nc1cccc(Cl)c1)NNC(=O)c1ccc(Cl)cc1. The average Bonchev–Trinajstić information content (AvgIpc) is 2.69. The Kier molecular flexibility index (Phi) is 8.45. The first-order valence-corrected chi connectivity index (χ1v) is 9.15. The van der Waals surface area contributed by atoms with E-state index in [9.17, 15) is 19.2 Å². The van der Waals surface area contributed by atoms with E-state index < -0.39 is 30.3 Å². The van der Waals surface area contributed by atoms with Crippen molar-refractivity contribution in [2.24, 2.45) is 0 Å². The van der Waals surface area contributed by atoms with Gasteiger partial charge in [0.1, 0.15) is 0 Å². The summed E-state index contributed by atoms with van der Waals surface area (Å²) in [5.74, 6) is -2.42. The largest absolute Gasteiger partial charge is 0.455 e. The summed E-state index contributed by atoms with van der Waals surface area (Å²) in [6.07, 6.45) is -0.336. The van der Waals surface area contributed by atoms with E-state index in [1.54, 1.807) is 24.3 Å². The molecule has 0 saturated carbocycles. The summed E-state index contributed by atoms with van der Waals surface area (Å²) in [6.45, 7) is -0.602. The number of rotatable bonds is 7. The van der Waals surface area contributed by atoms with Gasteiger partial charge in [-0.25, -0.2) is 0 Å². The lowest BCUT2D eigenvalue weighted by atomic mass is 10.2. The second kappa shape index (κ2) is 11.0. The van der Waals surface area contributed by atoms with Crippen molar-refractivity contribution in [2.75, 3.05) is 11.9 Å². The van der Waals surface area contributed by atoms with Crippen LogP contribution in [0.15, 0.2) is 48.5 Å². The van der Waals surface area contributed by atoms with Gasteiger partial charge in [-0.3, -0.25) is 30.0 Å². The molecule has 0 bridgehead atoms. The van der Waals surface area contributed by atoms with E-state index in [1.807, 2.05) is 0 Å². The second-order valence-electron chi connectivity index (χ2n) is 5.73. The van der Waals surface area contributed by atoms with Crippen molar-refractivity contribution in [2.45, 2.75) is 12.8 Å². The number of hydrogen-bond donors (Lipinski definition) is 3. The molecule has 2 aromatic rings. The fourth-order valence-electron chi connectivity index (χ4n) is 2.06. The van der Waals surface area contributed by atoms with Crippen LogP contribution in [-0.4, -0.2) is 30.3 Å². The number of carbonyl (C=O) groups is 4. The zero-order valence-corrected chi connectivity index (χ0v) is 16.5. The van der Waals surface area contributed by atoms with Crippen molar-refractivity contribution < 1.29 is 23.9 Å². The highest BCUT2D eigenvalue weighted by Gasteiger charge is 2.12. The van der Waals surface area contributed by atoms with Crippen LogP contribution >= 0.6 is 23.2 Å². The predicted octanol–water partition coefficient (Wildman–Crippen LogP) is 2.72. The standard InChI is InChI=1S/C19H17Cl2N3O5/c20-13-6-4-12(5-7-13)19(28)24-23-17(26)11-29-18(27)9-8-16(25)22-15-3-1-2-14(21)10-15/h1-7,10H,8-9,11H2,(H,22,25)(H,23,26)(H,24,28). The third-order valence-corrected chi connectivity index (χ3v) is 3.94. The number of hydrogen-bond acceptors (Lipinski definition) is 5. The van der Waals surface area contributed by atoms with Crippen LogP contribution in [0.2, 0.25) is 10.0 Å². The monoisotopic (exact) mass is 437 g/mol. The van der Waals surface area contributed by atoms with Crippen molar-refractivity contribution in [3.8, 4) is 0 Å².